The zero-order valence-electron chi connectivity index (χ0n) is 15.6. The third-order valence-corrected chi connectivity index (χ3v) is 5.46. The van der Waals surface area contributed by atoms with Gasteiger partial charge in [-0.1, -0.05) is 30.0 Å². The van der Waals surface area contributed by atoms with E-state index in [1.54, 1.807) is 0 Å². The molecule has 2 amide bonds. The molecule has 0 radical (unpaired) electrons. The van der Waals surface area contributed by atoms with Crippen molar-refractivity contribution in [2.75, 3.05) is 5.32 Å². The van der Waals surface area contributed by atoms with Gasteiger partial charge in [0.2, 0.25) is 11.8 Å². The number of thioether (sulfide) groups is 1. The van der Waals surface area contributed by atoms with Crippen LogP contribution in [0.5, 0.6) is 0 Å². The second kappa shape index (κ2) is 8.28. The highest BCUT2D eigenvalue weighted by atomic mass is 32.2. The number of nitrogens with one attached hydrogen (secondary N) is 2. The van der Waals surface area contributed by atoms with Gasteiger partial charge in [0.05, 0.1) is 16.9 Å². The Kier molecular flexibility index (Phi) is 5.97. The minimum absolute atomic E-state index is 0.269. The van der Waals surface area contributed by atoms with Gasteiger partial charge in [-0.05, 0) is 49.2 Å². The van der Waals surface area contributed by atoms with E-state index in [1.807, 2.05) is 32.0 Å². The number of carbonyl (C=O) groups excluding carboxylic acids is 2. The van der Waals surface area contributed by atoms with E-state index in [1.165, 1.54) is 18.2 Å². The third-order valence-electron chi connectivity index (χ3n) is 4.37. The van der Waals surface area contributed by atoms with Crippen LogP contribution in [0.4, 0.5) is 24.5 Å². The number of amidine groups is 1. The Morgan fingerprint density at radius 2 is 1.90 bits per heavy atom. The number of para-hydroxylation sites is 1. The first-order valence-corrected chi connectivity index (χ1v) is 9.61. The van der Waals surface area contributed by atoms with Crippen molar-refractivity contribution >= 4 is 40.1 Å². The van der Waals surface area contributed by atoms with Gasteiger partial charge in [-0.25, -0.2) is 4.99 Å². The zero-order valence-corrected chi connectivity index (χ0v) is 16.4. The highest BCUT2D eigenvalue weighted by Crippen LogP contribution is 2.35. The molecule has 1 saturated heterocycles. The Bertz CT molecular complexity index is 989. The van der Waals surface area contributed by atoms with Crippen LogP contribution in [-0.4, -0.2) is 22.2 Å². The fourth-order valence-electron chi connectivity index (χ4n) is 2.71. The van der Waals surface area contributed by atoms with Crippen LogP contribution >= 0.6 is 11.8 Å². The summed E-state index contributed by atoms with van der Waals surface area (Å²) in [5.74, 6) is -1.08. The number of nitrogens with zero attached hydrogens (tertiary/aromatic N) is 1. The number of halogens is 3. The van der Waals surface area contributed by atoms with Crippen molar-refractivity contribution in [1.29, 1.82) is 0 Å². The summed E-state index contributed by atoms with van der Waals surface area (Å²) in [4.78, 5) is 28.7. The maximum atomic E-state index is 13.0. The Balaban J connectivity index is 1.67. The number of hydrogen-bond donors (Lipinski definition) is 2. The molecular formula is C20H18F3N3O2S. The number of aliphatic imine (C=N–C) groups is 1. The lowest BCUT2D eigenvalue weighted by molar-refractivity contribution is -0.137. The number of benzene rings is 2. The molecule has 0 aliphatic carbocycles. The highest BCUT2D eigenvalue weighted by molar-refractivity contribution is 8.15. The lowest BCUT2D eigenvalue weighted by Crippen LogP contribution is -2.28. The average Bonchev–Trinajstić information content (AvgIpc) is 2.96. The first-order chi connectivity index (χ1) is 13.6. The molecule has 2 aromatic rings. The van der Waals surface area contributed by atoms with Gasteiger partial charge in [0.15, 0.2) is 5.17 Å². The summed E-state index contributed by atoms with van der Waals surface area (Å²) in [6.07, 6.45) is -4.86. The number of hydrogen-bond acceptors (Lipinski definition) is 4. The molecule has 2 aromatic carbocycles. The van der Waals surface area contributed by atoms with Crippen molar-refractivity contribution in [1.82, 2.24) is 5.32 Å². The number of amides is 2. The molecule has 0 bridgehead atoms. The number of anilines is 1. The second-order valence-electron chi connectivity index (χ2n) is 6.58. The number of rotatable bonds is 4. The predicted molar refractivity (Wildman–Crippen MR) is 107 cm³/mol. The first kappa shape index (κ1) is 20.9. The molecule has 1 aliphatic rings. The summed E-state index contributed by atoms with van der Waals surface area (Å²) < 4.78 is 39.1. The standard InChI is InChI=1S/C20H18F3N3O2S/c1-11-7-8-13(9-12(11)2)24-19-26-18(28)16(29-19)10-17(27)25-15-6-4-3-5-14(15)20(21,22)23/h3-9,16H,10H2,1-2H3,(H,25,27)(H,24,26,28). The maximum absolute atomic E-state index is 13.0. The number of carbonyl (C=O) groups is 2. The normalized spacial score (nSPS) is 18.0. The van der Waals surface area contributed by atoms with Crippen LogP contribution in [0.2, 0.25) is 0 Å². The van der Waals surface area contributed by atoms with Gasteiger partial charge >= 0.3 is 6.18 Å². The molecule has 1 fully saturated rings. The summed E-state index contributed by atoms with van der Waals surface area (Å²) in [6.45, 7) is 3.93. The summed E-state index contributed by atoms with van der Waals surface area (Å²) in [5.41, 5.74) is 1.57. The molecule has 0 aromatic heterocycles. The third kappa shape index (κ3) is 5.17. The van der Waals surface area contributed by atoms with E-state index in [-0.39, 0.29) is 12.1 Å². The Morgan fingerprint density at radius 3 is 2.59 bits per heavy atom. The largest absolute Gasteiger partial charge is 0.418 e. The number of aryl methyl sites for hydroxylation is 2. The van der Waals surface area contributed by atoms with Gasteiger partial charge in [0.1, 0.15) is 5.25 Å². The van der Waals surface area contributed by atoms with Crippen LogP contribution in [0.1, 0.15) is 23.1 Å². The Labute approximate surface area is 169 Å². The summed E-state index contributed by atoms with van der Waals surface area (Å²) in [5, 5.41) is 4.44. The van der Waals surface area contributed by atoms with E-state index in [4.69, 9.17) is 0 Å². The molecule has 0 saturated carbocycles. The minimum Gasteiger partial charge on any atom is -0.325 e. The van der Waals surface area contributed by atoms with Crippen LogP contribution < -0.4 is 10.6 Å². The van der Waals surface area contributed by atoms with Gasteiger partial charge in [-0.3, -0.25) is 9.59 Å². The fraction of sp³-hybridized carbons (Fsp3) is 0.250. The lowest BCUT2D eigenvalue weighted by atomic mass is 10.1. The van der Waals surface area contributed by atoms with Gasteiger partial charge in [-0.15, -0.1) is 0 Å². The summed E-state index contributed by atoms with van der Waals surface area (Å²) in [6, 6.07) is 10.3. The molecule has 1 heterocycles. The second-order valence-corrected chi connectivity index (χ2v) is 7.77. The maximum Gasteiger partial charge on any atom is 0.418 e. The monoisotopic (exact) mass is 421 g/mol. The van der Waals surface area contributed by atoms with Crippen molar-refractivity contribution in [3.8, 4) is 0 Å². The molecule has 3 rings (SSSR count). The van der Waals surface area contributed by atoms with Gasteiger partial charge in [-0.2, -0.15) is 13.2 Å². The molecular weight excluding hydrogens is 403 g/mol. The van der Waals surface area contributed by atoms with Crippen molar-refractivity contribution in [2.24, 2.45) is 4.99 Å². The van der Waals surface area contributed by atoms with Crippen LogP contribution in [0.25, 0.3) is 0 Å². The smallest absolute Gasteiger partial charge is 0.325 e. The minimum atomic E-state index is -4.59. The zero-order chi connectivity index (χ0) is 21.2. The van der Waals surface area contributed by atoms with E-state index in [9.17, 15) is 22.8 Å². The molecule has 9 heteroatoms. The lowest BCUT2D eigenvalue weighted by Gasteiger charge is -2.14. The molecule has 2 N–H and O–H groups in total. The van der Waals surface area contributed by atoms with Gasteiger partial charge < -0.3 is 10.6 Å². The van der Waals surface area contributed by atoms with Crippen LogP contribution in [0.3, 0.4) is 0 Å². The van der Waals surface area contributed by atoms with Crippen molar-refractivity contribution < 1.29 is 22.8 Å². The summed E-state index contributed by atoms with van der Waals surface area (Å²) in [7, 11) is 0. The van der Waals surface area contributed by atoms with Crippen molar-refractivity contribution in [3.05, 3.63) is 59.2 Å². The Hall–Kier alpha value is -2.81. The Morgan fingerprint density at radius 1 is 1.17 bits per heavy atom. The fourth-order valence-corrected chi connectivity index (χ4v) is 3.70. The van der Waals surface area contributed by atoms with E-state index >= 15 is 0 Å². The van der Waals surface area contributed by atoms with Gasteiger partial charge in [0.25, 0.3) is 0 Å². The highest BCUT2D eigenvalue weighted by Gasteiger charge is 2.35. The van der Waals surface area contributed by atoms with Gasteiger partial charge in [0, 0.05) is 6.42 Å². The predicted octanol–water partition coefficient (Wildman–Crippen LogP) is 4.57. The number of alkyl halides is 3. The molecule has 1 aliphatic heterocycles. The molecule has 0 spiro atoms. The molecule has 152 valence electrons. The molecule has 29 heavy (non-hydrogen) atoms. The topological polar surface area (TPSA) is 70.6 Å². The van der Waals surface area contributed by atoms with E-state index < -0.39 is 28.8 Å². The average molecular weight is 421 g/mol. The van der Waals surface area contributed by atoms with Crippen LogP contribution in [-0.2, 0) is 15.8 Å². The summed E-state index contributed by atoms with van der Waals surface area (Å²) >= 11 is 1.08. The quantitative estimate of drug-likeness (QED) is 0.760. The first-order valence-electron chi connectivity index (χ1n) is 8.73. The van der Waals surface area contributed by atoms with E-state index in [2.05, 4.69) is 15.6 Å². The van der Waals surface area contributed by atoms with E-state index in [0.717, 1.165) is 29.0 Å². The van der Waals surface area contributed by atoms with Crippen LogP contribution in [0, 0.1) is 13.8 Å². The van der Waals surface area contributed by atoms with E-state index in [0.29, 0.717) is 10.9 Å². The van der Waals surface area contributed by atoms with Crippen molar-refractivity contribution in [3.63, 3.8) is 0 Å². The molecule has 1 unspecified atom stereocenters. The van der Waals surface area contributed by atoms with Crippen LogP contribution in [0.15, 0.2) is 47.5 Å². The molecule has 1 atom stereocenters. The molecule has 5 nitrogen and oxygen atoms in total. The SMILES string of the molecule is Cc1ccc(N=C2NC(=O)C(CC(=O)Nc3ccccc3C(F)(F)F)S2)cc1C. The van der Waals surface area contributed by atoms with Crippen molar-refractivity contribution in [2.45, 2.75) is 31.7 Å².